The Labute approximate surface area is 180 Å². The number of rotatable bonds is 4. The zero-order valence-electron chi connectivity index (χ0n) is 15.7. The van der Waals surface area contributed by atoms with Gasteiger partial charge >= 0.3 is 0 Å². The predicted molar refractivity (Wildman–Crippen MR) is 113 cm³/mol. The highest BCUT2D eigenvalue weighted by molar-refractivity contribution is 8.04. The molecule has 1 amide bonds. The molecule has 1 aliphatic rings. The molecule has 0 fully saturated rings. The summed E-state index contributed by atoms with van der Waals surface area (Å²) in [5.41, 5.74) is 0.488. The number of hydrogen-bond donors (Lipinski definition) is 1. The lowest BCUT2D eigenvalue weighted by Crippen LogP contribution is -2.18. The van der Waals surface area contributed by atoms with Crippen LogP contribution in [0.1, 0.15) is 11.1 Å². The third-order valence-corrected chi connectivity index (χ3v) is 7.29. The Hall–Kier alpha value is -3.04. The first kappa shape index (κ1) is 21.2. The fourth-order valence-corrected chi connectivity index (χ4v) is 5.44. The summed E-state index contributed by atoms with van der Waals surface area (Å²) in [5.74, 6) is -3.50. The summed E-state index contributed by atoms with van der Waals surface area (Å²) in [4.78, 5) is 13.0. The van der Waals surface area contributed by atoms with Crippen LogP contribution in [0.4, 0.5) is 18.9 Å². The van der Waals surface area contributed by atoms with Crippen molar-refractivity contribution in [2.75, 3.05) is 5.32 Å². The molecule has 9 heteroatoms. The maximum atomic E-state index is 13.9. The molecule has 158 valence electrons. The lowest BCUT2D eigenvalue weighted by atomic mass is 10.2. The molecular formula is C22H14F3NO3S2. The van der Waals surface area contributed by atoms with Crippen LogP contribution in [0.25, 0.3) is 6.08 Å². The Morgan fingerprint density at radius 2 is 1.61 bits per heavy atom. The topological polar surface area (TPSA) is 63.2 Å². The molecule has 0 aromatic heterocycles. The molecule has 0 aliphatic carbocycles. The zero-order valence-corrected chi connectivity index (χ0v) is 17.4. The van der Waals surface area contributed by atoms with E-state index in [1.54, 1.807) is 6.08 Å². The van der Waals surface area contributed by atoms with Gasteiger partial charge in [0, 0.05) is 10.5 Å². The summed E-state index contributed by atoms with van der Waals surface area (Å²) < 4.78 is 66.5. The van der Waals surface area contributed by atoms with Crippen molar-refractivity contribution in [1.29, 1.82) is 0 Å². The Morgan fingerprint density at radius 1 is 0.935 bits per heavy atom. The molecule has 0 unspecified atom stereocenters. The molecule has 4 rings (SSSR count). The monoisotopic (exact) mass is 461 g/mol. The number of carbonyl (C=O) groups is 1. The van der Waals surface area contributed by atoms with Crippen LogP contribution in [0.15, 0.2) is 75.4 Å². The van der Waals surface area contributed by atoms with Crippen molar-refractivity contribution in [3.8, 4) is 0 Å². The van der Waals surface area contributed by atoms with E-state index in [1.165, 1.54) is 42.5 Å². The van der Waals surface area contributed by atoms with Crippen molar-refractivity contribution in [2.45, 2.75) is 15.5 Å². The molecule has 0 spiro atoms. The third-order valence-electron chi connectivity index (χ3n) is 4.57. The second-order valence-corrected chi connectivity index (χ2v) is 9.81. The fraction of sp³-hybridized carbons (Fsp3) is 0.0455. The highest BCUT2D eigenvalue weighted by atomic mass is 32.2. The van der Waals surface area contributed by atoms with Gasteiger partial charge in [0.05, 0.1) is 21.2 Å². The van der Waals surface area contributed by atoms with Crippen molar-refractivity contribution in [3.63, 3.8) is 0 Å². The summed E-state index contributed by atoms with van der Waals surface area (Å²) in [6, 6.07) is 12.8. The number of fused-ring (bicyclic) bond motifs is 1. The molecule has 3 aromatic rings. The second kappa shape index (κ2) is 8.24. The van der Waals surface area contributed by atoms with Gasteiger partial charge in [0.1, 0.15) is 17.5 Å². The van der Waals surface area contributed by atoms with Gasteiger partial charge in [-0.3, -0.25) is 4.79 Å². The van der Waals surface area contributed by atoms with E-state index in [9.17, 15) is 26.4 Å². The van der Waals surface area contributed by atoms with Crippen LogP contribution >= 0.6 is 11.8 Å². The number of sulfone groups is 1. The number of anilines is 1. The Morgan fingerprint density at radius 3 is 2.29 bits per heavy atom. The molecule has 3 aromatic carbocycles. The van der Waals surface area contributed by atoms with E-state index in [0.29, 0.717) is 16.1 Å². The van der Waals surface area contributed by atoms with E-state index in [1.807, 2.05) is 0 Å². The van der Waals surface area contributed by atoms with Gasteiger partial charge in [0.2, 0.25) is 0 Å². The molecule has 0 atom stereocenters. The highest BCUT2D eigenvalue weighted by Crippen LogP contribution is 2.40. The summed E-state index contributed by atoms with van der Waals surface area (Å²) in [5, 5.41) is 2.67. The highest BCUT2D eigenvalue weighted by Gasteiger charge is 2.25. The van der Waals surface area contributed by atoms with Gasteiger partial charge in [-0.25, -0.2) is 21.6 Å². The van der Waals surface area contributed by atoms with Crippen molar-refractivity contribution >= 4 is 39.3 Å². The summed E-state index contributed by atoms with van der Waals surface area (Å²) >= 11 is 1.05. The quantitative estimate of drug-likeness (QED) is 0.545. The number of amides is 1. The van der Waals surface area contributed by atoms with Crippen molar-refractivity contribution < 1.29 is 26.4 Å². The van der Waals surface area contributed by atoms with E-state index in [-0.39, 0.29) is 15.7 Å². The summed E-state index contributed by atoms with van der Waals surface area (Å²) in [6.07, 6.45) is 1.55. The standard InChI is InChI=1S/C22H14F3NO3S2/c23-14-6-4-13(5-7-14)10-21-22(27)26-19-9-8-15(11-20(19)30-21)31(28,29)12-16-17(24)2-1-3-18(16)25/h1-11H,12H2,(H,26,27)/b21-10-. The van der Waals surface area contributed by atoms with Crippen LogP contribution in [0.3, 0.4) is 0 Å². The van der Waals surface area contributed by atoms with Gasteiger partial charge in [0.25, 0.3) is 5.91 Å². The number of hydrogen-bond acceptors (Lipinski definition) is 4. The molecule has 1 aliphatic heterocycles. The van der Waals surface area contributed by atoms with Gasteiger partial charge < -0.3 is 5.32 Å². The SMILES string of the molecule is O=C1Nc2ccc(S(=O)(=O)Cc3c(F)cccc3F)cc2S/C1=C\c1ccc(F)cc1. The smallest absolute Gasteiger partial charge is 0.262 e. The molecule has 0 bridgehead atoms. The van der Waals surface area contributed by atoms with Crippen LogP contribution in [0.2, 0.25) is 0 Å². The van der Waals surface area contributed by atoms with Gasteiger partial charge in [-0.2, -0.15) is 0 Å². The maximum Gasteiger partial charge on any atom is 0.262 e. The van der Waals surface area contributed by atoms with Crippen LogP contribution in [-0.2, 0) is 20.4 Å². The van der Waals surface area contributed by atoms with E-state index in [4.69, 9.17) is 0 Å². The first-order valence-electron chi connectivity index (χ1n) is 8.99. The summed E-state index contributed by atoms with van der Waals surface area (Å²) in [7, 11) is -4.05. The lowest BCUT2D eigenvalue weighted by molar-refractivity contribution is -0.112. The minimum atomic E-state index is -4.05. The van der Waals surface area contributed by atoms with Crippen LogP contribution in [0.5, 0.6) is 0 Å². The van der Waals surface area contributed by atoms with E-state index >= 15 is 0 Å². The second-order valence-electron chi connectivity index (χ2n) is 6.73. The molecule has 1 heterocycles. The molecule has 31 heavy (non-hydrogen) atoms. The first-order valence-corrected chi connectivity index (χ1v) is 11.5. The maximum absolute atomic E-state index is 13.9. The minimum absolute atomic E-state index is 0.126. The van der Waals surface area contributed by atoms with Gasteiger partial charge in [-0.15, -0.1) is 0 Å². The molecule has 4 nitrogen and oxygen atoms in total. The Balaban J connectivity index is 1.65. The number of carbonyl (C=O) groups excluding carboxylic acids is 1. The lowest BCUT2D eigenvalue weighted by Gasteiger charge is -2.19. The van der Waals surface area contributed by atoms with Gasteiger partial charge in [-0.05, 0) is 54.1 Å². The molecule has 0 saturated carbocycles. The first-order chi connectivity index (χ1) is 14.7. The molecule has 1 N–H and O–H groups in total. The van der Waals surface area contributed by atoms with Crippen LogP contribution in [0, 0.1) is 17.5 Å². The summed E-state index contributed by atoms with van der Waals surface area (Å²) in [6.45, 7) is 0. The zero-order chi connectivity index (χ0) is 22.2. The number of thioether (sulfide) groups is 1. The fourth-order valence-electron chi connectivity index (χ4n) is 2.98. The average molecular weight is 461 g/mol. The van der Waals surface area contributed by atoms with E-state index in [0.717, 1.165) is 30.0 Å². The van der Waals surface area contributed by atoms with E-state index in [2.05, 4.69) is 5.32 Å². The number of halogens is 3. The normalized spacial score (nSPS) is 14.9. The minimum Gasteiger partial charge on any atom is -0.320 e. The molecule has 0 saturated heterocycles. The van der Waals surface area contributed by atoms with E-state index < -0.39 is 38.6 Å². The van der Waals surface area contributed by atoms with Gasteiger partial charge in [-0.1, -0.05) is 30.0 Å². The largest absolute Gasteiger partial charge is 0.320 e. The van der Waals surface area contributed by atoms with Crippen molar-refractivity contribution in [3.05, 3.63) is 94.1 Å². The number of nitrogens with one attached hydrogen (secondary N) is 1. The van der Waals surface area contributed by atoms with Gasteiger partial charge in [0.15, 0.2) is 9.84 Å². The Kier molecular flexibility index (Phi) is 5.63. The third kappa shape index (κ3) is 4.52. The van der Waals surface area contributed by atoms with Crippen molar-refractivity contribution in [2.24, 2.45) is 0 Å². The average Bonchev–Trinajstić information content (AvgIpc) is 2.73. The van der Waals surface area contributed by atoms with Crippen molar-refractivity contribution in [1.82, 2.24) is 0 Å². The molecular weight excluding hydrogens is 447 g/mol. The molecule has 0 radical (unpaired) electrons. The van der Waals surface area contributed by atoms with Crippen LogP contribution in [-0.4, -0.2) is 14.3 Å². The predicted octanol–water partition coefficient (Wildman–Crippen LogP) is 5.16. The van der Waals surface area contributed by atoms with Crippen LogP contribution < -0.4 is 5.32 Å². The number of benzene rings is 3. The Bertz CT molecular complexity index is 1300.